The summed E-state index contributed by atoms with van der Waals surface area (Å²) < 4.78 is 0. The van der Waals surface area contributed by atoms with E-state index in [4.69, 9.17) is 10.8 Å². The molecule has 1 aromatic heterocycles. The molecule has 2 aliphatic rings. The van der Waals surface area contributed by atoms with Crippen molar-refractivity contribution in [1.82, 2.24) is 4.90 Å². The van der Waals surface area contributed by atoms with E-state index in [9.17, 15) is 14.7 Å². The summed E-state index contributed by atoms with van der Waals surface area (Å²) in [4.78, 5) is 24.8. The number of carboxylic acids is 1. The number of carboxylic acid groups (broad SMARTS) is 2. The predicted octanol–water partition coefficient (Wildman–Crippen LogP) is 1.67. The van der Waals surface area contributed by atoms with Gasteiger partial charge in [0.25, 0.3) is 0 Å². The van der Waals surface area contributed by atoms with Crippen LogP contribution in [0.1, 0.15) is 33.1 Å². The van der Waals surface area contributed by atoms with Gasteiger partial charge < -0.3 is 20.8 Å². The molecule has 3 rings (SSSR count). The van der Waals surface area contributed by atoms with Gasteiger partial charge in [-0.15, -0.1) is 11.3 Å². The first-order valence-corrected chi connectivity index (χ1v) is 6.93. The van der Waals surface area contributed by atoms with Crippen LogP contribution >= 0.6 is 11.3 Å². The van der Waals surface area contributed by atoms with Crippen LogP contribution in [0.3, 0.4) is 0 Å². The van der Waals surface area contributed by atoms with Crippen LogP contribution in [0.5, 0.6) is 0 Å². The summed E-state index contributed by atoms with van der Waals surface area (Å²) in [5.74, 6) is -0.806. The molecule has 1 aromatic rings. The van der Waals surface area contributed by atoms with Crippen molar-refractivity contribution in [3.8, 4) is 0 Å². The molecule has 6 nitrogen and oxygen atoms in total. The van der Waals surface area contributed by atoms with Crippen LogP contribution in [0.15, 0.2) is 0 Å². The van der Waals surface area contributed by atoms with Crippen LogP contribution in [0.4, 0.5) is 9.80 Å². The quantitative estimate of drug-likeness (QED) is 0.726. The molecule has 2 unspecified atom stereocenters. The Labute approximate surface area is 113 Å². The lowest BCUT2D eigenvalue weighted by molar-refractivity contribution is 0.0696. The monoisotopic (exact) mass is 282 g/mol. The maximum atomic E-state index is 11.4. The van der Waals surface area contributed by atoms with E-state index < -0.39 is 12.1 Å². The number of amides is 1. The lowest BCUT2D eigenvalue weighted by Gasteiger charge is -2.24. The van der Waals surface area contributed by atoms with Crippen molar-refractivity contribution < 1.29 is 19.8 Å². The summed E-state index contributed by atoms with van der Waals surface area (Å²) in [5.41, 5.74) is 6.79. The minimum Gasteiger partial charge on any atom is -0.478 e. The van der Waals surface area contributed by atoms with Crippen molar-refractivity contribution in [2.75, 3.05) is 18.8 Å². The van der Waals surface area contributed by atoms with Crippen molar-refractivity contribution in [1.29, 1.82) is 0 Å². The van der Waals surface area contributed by atoms with Crippen LogP contribution in [-0.2, 0) is 6.42 Å². The van der Waals surface area contributed by atoms with E-state index in [-0.39, 0.29) is 17.4 Å². The largest absolute Gasteiger partial charge is 0.478 e. The molecule has 102 valence electrons. The van der Waals surface area contributed by atoms with E-state index >= 15 is 0 Å². The van der Waals surface area contributed by atoms with E-state index in [0.717, 1.165) is 23.3 Å². The fraction of sp³-hybridized carbons (Fsp3) is 0.500. The lowest BCUT2D eigenvalue weighted by Crippen LogP contribution is -2.26. The zero-order valence-electron chi connectivity index (χ0n) is 10.1. The van der Waals surface area contributed by atoms with E-state index in [1.807, 2.05) is 0 Å². The van der Waals surface area contributed by atoms with Gasteiger partial charge in [-0.05, 0) is 24.3 Å². The van der Waals surface area contributed by atoms with Crippen LogP contribution < -0.4 is 5.73 Å². The number of fused-ring (bicyclic) bond motifs is 3. The molecule has 1 amide bonds. The summed E-state index contributed by atoms with van der Waals surface area (Å²) in [5, 5.41) is 18.7. The summed E-state index contributed by atoms with van der Waals surface area (Å²) in [6.45, 7) is 0.873. The number of hydrogen-bond donors (Lipinski definition) is 3. The molecule has 1 aliphatic heterocycles. The summed E-state index contributed by atoms with van der Waals surface area (Å²) >= 11 is 1.33. The third-order valence-corrected chi connectivity index (χ3v) is 5.18. The number of aromatic carboxylic acids is 1. The Morgan fingerprint density at radius 3 is 2.68 bits per heavy atom. The molecule has 4 N–H and O–H groups in total. The zero-order chi connectivity index (χ0) is 13.7. The summed E-state index contributed by atoms with van der Waals surface area (Å²) in [6, 6.07) is 0. The summed E-state index contributed by atoms with van der Waals surface area (Å²) in [7, 11) is 0. The Hall–Kier alpha value is -1.76. The van der Waals surface area contributed by atoms with Gasteiger partial charge in [0.2, 0.25) is 0 Å². The van der Waals surface area contributed by atoms with Crippen LogP contribution in [0, 0.1) is 5.92 Å². The van der Waals surface area contributed by atoms with E-state index in [0.29, 0.717) is 18.1 Å². The fourth-order valence-electron chi connectivity index (χ4n) is 3.27. The van der Waals surface area contributed by atoms with Gasteiger partial charge in [-0.2, -0.15) is 0 Å². The van der Waals surface area contributed by atoms with Crippen molar-refractivity contribution in [3.05, 3.63) is 16.0 Å². The highest BCUT2D eigenvalue weighted by Crippen LogP contribution is 2.47. The van der Waals surface area contributed by atoms with Gasteiger partial charge in [0.05, 0.1) is 5.56 Å². The SMILES string of the molecule is Nc1sc2c(c1C(=O)O)C1CN(C(=O)O)CC1CC2. The normalized spacial score (nSPS) is 24.9. The van der Waals surface area contributed by atoms with Gasteiger partial charge in [0.15, 0.2) is 0 Å². The number of nitrogen functional groups attached to an aromatic ring is 1. The predicted molar refractivity (Wildman–Crippen MR) is 69.8 cm³/mol. The molecular formula is C12H14N2O4S. The number of rotatable bonds is 1. The van der Waals surface area contributed by atoms with Gasteiger partial charge in [-0.3, -0.25) is 0 Å². The maximum Gasteiger partial charge on any atom is 0.407 e. The number of hydrogen-bond acceptors (Lipinski definition) is 4. The Morgan fingerprint density at radius 2 is 2.05 bits per heavy atom. The molecule has 0 radical (unpaired) electrons. The number of carbonyl (C=O) groups is 2. The minimum absolute atomic E-state index is 0.0144. The molecule has 2 heterocycles. The van der Waals surface area contributed by atoms with E-state index in [1.165, 1.54) is 16.2 Å². The van der Waals surface area contributed by atoms with Crippen LogP contribution in [-0.4, -0.2) is 40.3 Å². The molecule has 19 heavy (non-hydrogen) atoms. The zero-order valence-corrected chi connectivity index (χ0v) is 10.9. The smallest absolute Gasteiger partial charge is 0.407 e. The van der Waals surface area contributed by atoms with Crippen LogP contribution in [0.25, 0.3) is 0 Å². The standard InChI is InChI=1S/C12H14N2O4S/c13-10-9(11(15)16)8-6-4-14(12(17)18)3-5(6)1-2-7(8)19-10/h5-6H,1-4,13H2,(H,15,16)(H,17,18). The number of anilines is 1. The Balaban J connectivity index is 2.04. The average molecular weight is 282 g/mol. The number of aryl methyl sites for hydroxylation is 1. The van der Waals surface area contributed by atoms with Crippen molar-refractivity contribution >= 4 is 28.4 Å². The van der Waals surface area contributed by atoms with E-state index in [2.05, 4.69) is 0 Å². The average Bonchev–Trinajstić information content (AvgIpc) is 2.87. The van der Waals surface area contributed by atoms with Crippen LogP contribution in [0.2, 0.25) is 0 Å². The first-order valence-electron chi connectivity index (χ1n) is 6.11. The Bertz CT molecular complexity index is 568. The van der Waals surface area contributed by atoms with Gasteiger partial charge >= 0.3 is 12.1 Å². The Kier molecular flexibility index (Phi) is 2.67. The van der Waals surface area contributed by atoms with E-state index in [1.54, 1.807) is 0 Å². The molecule has 7 heteroatoms. The number of nitrogens with zero attached hydrogens (tertiary/aromatic N) is 1. The highest BCUT2D eigenvalue weighted by atomic mass is 32.1. The highest BCUT2D eigenvalue weighted by Gasteiger charge is 2.42. The first-order chi connectivity index (χ1) is 8.99. The minimum atomic E-state index is -1.01. The maximum absolute atomic E-state index is 11.4. The molecule has 1 fully saturated rings. The van der Waals surface area contributed by atoms with Crippen molar-refractivity contribution in [2.45, 2.75) is 18.8 Å². The molecular weight excluding hydrogens is 268 g/mol. The topological polar surface area (TPSA) is 104 Å². The van der Waals surface area contributed by atoms with Gasteiger partial charge in [0, 0.05) is 23.9 Å². The second kappa shape index (κ2) is 4.12. The Morgan fingerprint density at radius 1 is 1.32 bits per heavy atom. The van der Waals surface area contributed by atoms with Gasteiger partial charge in [-0.1, -0.05) is 0 Å². The number of nitrogens with two attached hydrogens (primary N) is 1. The molecule has 0 spiro atoms. The highest BCUT2D eigenvalue weighted by molar-refractivity contribution is 7.16. The van der Waals surface area contributed by atoms with Gasteiger partial charge in [-0.25, -0.2) is 9.59 Å². The third-order valence-electron chi connectivity index (χ3n) is 4.09. The van der Waals surface area contributed by atoms with Crippen molar-refractivity contribution in [2.24, 2.45) is 5.92 Å². The molecule has 2 atom stereocenters. The lowest BCUT2D eigenvalue weighted by atomic mass is 9.79. The summed E-state index contributed by atoms with van der Waals surface area (Å²) in [6.07, 6.45) is 0.767. The number of likely N-dealkylation sites (tertiary alicyclic amines) is 1. The second-order valence-electron chi connectivity index (χ2n) is 5.08. The van der Waals surface area contributed by atoms with Crippen molar-refractivity contribution in [3.63, 3.8) is 0 Å². The second-order valence-corrected chi connectivity index (χ2v) is 6.21. The molecule has 1 aliphatic carbocycles. The molecule has 0 saturated carbocycles. The first kappa shape index (κ1) is 12.3. The number of thiophene rings is 1. The molecule has 1 saturated heterocycles. The third kappa shape index (κ3) is 1.76. The molecule has 0 bridgehead atoms. The fourth-order valence-corrected chi connectivity index (χ4v) is 4.42. The van der Waals surface area contributed by atoms with Gasteiger partial charge in [0.1, 0.15) is 5.00 Å². The molecule has 0 aromatic carbocycles.